The zero-order valence-electron chi connectivity index (χ0n) is 11.1. The van der Waals surface area contributed by atoms with E-state index in [9.17, 15) is 9.59 Å². The number of aromatic nitrogens is 1. The molecule has 104 valence electrons. The third-order valence-corrected chi connectivity index (χ3v) is 3.24. The molecule has 19 heavy (non-hydrogen) atoms. The Hall–Kier alpha value is -1.43. The van der Waals surface area contributed by atoms with Crippen molar-refractivity contribution >= 4 is 27.9 Å². The number of nitrogens with zero attached hydrogens (tertiary/aromatic N) is 1. The largest absolute Gasteiger partial charge is 0.465 e. The normalized spacial score (nSPS) is 10.4. The van der Waals surface area contributed by atoms with Crippen molar-refractivity contribution in [3.05, 3.63) is 28.0 Å². The summed E-state index contributed by atoms with van der Waals surface area (Å²) in [4.78, 5) is 27.9. The number of ether oxygens (including phenoxy) is 2. The van der Waals surface area contributed by atoms with E-state index in [1.54, 1.807) is 26.1 Å². The summed E-state index contributed by atoms with van der Waals surface area (Å²) in [6, 6.07) is 1.67. The zero-order chi connectivity index (χ0) is 14.4. The second kappa shape index (κ2) is 7.23. The summed E-state index contributed by atoms with van der Waals surface area (Å²) in [6.07, 6.45) is 1.55. The summed E-state index contributed by atoms with van der Waals surface area (Å²) >= 11 is 3.32. The molecule has 0 bridgehead atoms. The summed E-state index contributed by atoms with van der Waals surface area (Å²) < 4.78 is 10.6. The van der Waals surface area contributed by atoms with Crippen molar-refractivity contribution in [1.29, 1.82) is 0 Å². The molecule has 0 atom stereocenters. The summed E-state index contributed by atoms with van der Waals surface area (Å²) in [5, 5.41) is 0. The fraction of sp³-hybridized carbons (Fsp3) is 0.462. The molecule has 1 aromatic rings. The third kappa shape index (κ3) is 4.02. The van der Waals surface area contributed by atoms with E-state index in [1.165, 1.54) is 0 Å². The number of carbonyl (C=O) groups excluding carboxylic acids is 2. The Morgan fingerprint density at radius 1 is 1.26 bits per heavy atom. The summed E-state index contributed by atoms with van der Waals surface area (Å²) in [5.41, 5.74) is 1.21. The van der Waals surface area contributed by atoms with E-state index >= 15 is 0 Å². The van der Waals surface area contributed by atoms with Crippen molar-refractivity contribution in [3.8, 4) is 0 Å². The molecule has 0 radical (unpaired) electrons. The number of hydrogen-bond donors (Lipinski definition) is 0. The fourth-order valence-corrected chi connectivity index (χ4v) is 1.72. The minimum absolute atomic E-state index is 0.199. The molecular formula is C13H16BrNO4. The van der Waals surface area contributed by atoms with Gasteiger partial charge in [0.05, 0.1) is 18.9 Å². The van der Waals surface area contributed by atoms with Gasteiger partial charge in [0.1, 0.15) is 0 Å². The smallest absolute Gasteiger partial charge is 0.326 e. The Morgan fingerprint density at radius 2 is 1.79 bits per heavy atom. The summed E-state index contributed by atoms with van der Waals surface area (Å²) in [5.74, 6) is -2.42. The number of esters is 2. The molecule has 0 saturated heterocycles. The van der Waals surface area contributed by atoms with Gasteiger partial charge in [-0.2, -0.15) is 0 Å². The Morgan fingerprint density at radius 3 is 2.21 bits per heavy atom. The van der Waals surface area contributed by atoms with Crippen LogP contribution in [0, 0.1) is 6.92 Å². The van der Waals surface area contributed by atoms with Gasteiger partial charge < -0.3 is 9.47 Å². The first kappa shape index (κ1) is 15.6. The van der Waals surface area contributed by atoms with Crippen molar-refractivity contribution in [2.75, 3.05) is 13.2 Å². The first-order valence-corrected chi connectivity index (χ1v) is 6.75. The number of halogens is 1. The van der Waals surface area contributed by atoms with Crippen molar-refractivity contribution in [1.82, 2.24) is 4.98 Å². The molecule has 1 heterocycles. The van der Waals surface area contributed by atoms with E-state index in [-0.39, 0.29) is 13.2 Å². The van der Waals surface area contributed by atoms with Crippen molar-refractivity contribution < 1.29 is 19.1 Å². The average molecular weight is 330 g/mol. The highest BCUT2D eigenvalue weighted by atomic mass is 79.9. The minimum Gasteiger partial charge on any atom is -0.465 e. The molecule has 0 aliphatic rings. The molecule has 0 aromatic carbocycles. The van der Waals surface area contributed by atoms with Crippen LogP contribution in [0.15, 0.2) is 16.7 Å². The third-order valence-electron chi connectivity index (χ3n) is 2.41. The Balaban J connectivity index is 3.11. The maximum absolute atomic E-state index is 11.9. The molecule has 5 nitrogen and oxygen atoms in total. The van der Waals surface area contributed by atoms with Crippen LogP contribution in [0.1, 0.15) is 31.0 Å². The van der Waals surface area contributed by atoms with Gasteiger partial charge in [0.2, 0.25) is 0 Å². The van der Waals surface area contributed by atoms with Gasteiger partial charge in [-0.3, -0.25) is 14.6 Å². The molecule has 0 amide bonds. The van der Waals surface area contributed by atoms with Crippen LogP contribution in [0.5, 0.6) is 0 Å². The molecule has 0 spiro atoms. The Labute approximate surface area is 120 Å². The lowest BCUT2D eigenvalue weighted by Gasteiger charge is -2.14. The van der Waals surface area contributed by atoms with Crippen LogP contribution >= 0.6 is 15.9 Å². The number of pyridine rings is 1. The van der Waals surface area contributed by atoms with Crippen LogP contribution < -0.4 is 0 Å². The average Bonchev–Trinajstić information content (AvgIpc) is 2.34. The predicted octanol–water partition coefficient (Wildman–Crippen LogP) is 2.36. The second-order valence-corrected chi connectivity index (χ2v) is 4.65. The minimum atomic E-state index is -1.13. The molecule has 1 rings (SSSR count). The number of aryl methyl sites for hydroxylation is 1. The van der Waals surface area contributed by atoms with Gasteiger partial charge in [-0.05, 0) is 48.3 Å². The Bertz CT molecular complexity index is 458. The van der Waals surface area contributed by atoms with Crippen LogP contribution in [0.4, 0.5) is 0 Å². The van der Waals surface area contributed by atoms with E-state index in [1.807, 2.05) is 6.92 Å². The second-order valence-electron chi connectivity index (χ2n) is 3.80. The maximum atomic E-state index is 11.9. The SMILES string of the molecule is CCOC(=O)C(C(=O)OCC)c1cc(C)c(Br)cn1. The lowest BCUT2D eigenvalue weighted by Crippen LogP contribution is -2.27. The van der Waals surface area contributed by atoms with Gasteiger partial charge in [0.15, 0.2) is 5.92 Å². The van der Waals surface area contributed by atoms with Gasteiger partial charge in [-0.15, -0.1) is 0 Å². The molecule has 0 N–H and O–H groups in total. The molecule has 6 heteroatoms. The first-order chi connectivity index (χ1) is 9.01. The monoisotopic (exact) mass is 329 g/mol. The number of carbonyl (C=O) groups is 2. The van der Waals surface area contributed by atoms with E-state index < -0.39 is 17.9 Å². The van der Waals surface area contributed by atoms with Gasteiger partial charge in [-0.1, -0.05) is 0 Å². The lowest BCUT2D eigenvalue weighted by atomic mass is 10.0. The quantitative estimate of drug-likeness (QED) is 0.612. The van der Waals surface area contributed by atoms with Crippen LogP contribution in [0.3, 0.4) is 0 Å². The van der Waals surface area contributed by atoms with Gasteiger partial charge in [0, 0.05) is 10.7 Å². The summed E-state index contributed by atoms with van der Waals surface area (Å²) in [6.45, 7) is 5.61. The molecule has 0 aliphatic carbocycles. The Kier molecular flexibility index (Phi) is 5.95. The molecule has 1 aromatic heterocycles. The van der Waals surface area contributed by atoms with Crippen molar-refractivity contribution in [3.63, 3.8) is 0 Å². The summed E-state index contributed by atoms with van der Waals surface area (Å²) in [7, 11) is 0. The number of hydrogen-bond acceptors (Lipinski definition) is 5. The number of rotatable bonds is 5. The van der Waals surface area contributed by atoms with Gasteiger partial charge >= 0.3 is 11.9 Å². The highest BCUT2D eigenvalue weighted by Gasteiger charge is 2.32. The van der Waals surface area contributed by atoms with Crippen molar-refractivity contribution in [2.24, 2.45) is 0 Å². The molecule has 0 fully saturated rings. The molecule has 0 unspecified atom stereocenters. The van der Waals surface area contributed by atoms with Crippen LogP contribution in [-0.2, 0) is 19.1 Å². The highest BCUT2D eigenvalue weighted by molar-refractivity contribution is 9.10. The van der Waals surface area contributed by atoms with Crippen LogP contribution in [0.2, 0.25) is 0 Å². The molecular weight excluding hydrogens is 314 g/mol. The predicted molar refractivity (Wildman–Crippen MR) is 72.7 cm³/mol. The van der Waals surface area contributed by atoms with Gasteiger partial charge in [-0.25, -0.2) is 0 Å². The van der Waals surface area contributed by atoms with Crippen LogP contribution in [0.25, 0.3) is 0 Å². The van der Waals surface area contributed by atoms with E-state index in [0.717, 1.165) is 10.0 Å². The lowest BCUT2D eigenvalue weighted by molar-refractivity contribution is -0.157. The van der Waals surface area contributed by atoms with Crippen LogP contribution in [-0.4, -0.2) is 30.1 Å². The molecule has 0 saturated carbocycles. The highest BCUT2D eigenvalue weighted by Crippen LogP contribution is 2.22. The fourth-order valence-electron chi connectivity index (χ4n) is 1.51. The maximum Gasteiger partial charge on any atom is 0.326 e. The zero-order valence-corrected chi connectivity index (χ0v) is 12.7. The van der Waals surface area contributed by atoms with E-state index in [0.29, 0.717) is 5.69 Å². The van der Waals surface area contributed by atoms with Crippen molar-refractivity contribution in [2.45, 2.75) is 26.7 Å². The standard InChI is InChI=1S/C13H16BrNO4/c1-4-18-12(16)11(13(17)19-5-2)10-6-8(3)9(14)7-15-10/h6-7,11H,4-5H2,1-3H3. The van der Waals surface area contributed by atoms with E-state index in [4.69, 9.17) is 9.47 Å². The van der Waals surface area contributed by atoms with E-state index in [2.05, 4.69) is 20.9 Å². The molecule has 0 aliphatic heterocycles. The van der Waals surface area contributed by atoms with Gasteiger partial charge in [0.25, 0.3) is 0 Å². The first-order valence-electron chi connectivity index (χ1n) is 5.96. The topological polar surface area (TPSA) is 65.5 Å².